The largest absolute Gasteiger partial charge is 0.416 e. The van der Waals surface area contributed by atoms with E-state index in [1.165, 1.54) is 6.92 Å². The summed E-state index contributed by atoms with van der Waals surface area (Å²) in [4.78, 5) is 10.7. The molecule has 1 rings (SSSR count). The molecule has 1 aromatic rings. The zero-order valence-electron chi connectivity index (χ0n) is 14.0. The fourth-order valence-corrected chi connectivity index (χ4v) is 3.42. The van der Waals surface area contributed by atoms with Gasteiger partial charge in [0.15, 0.2) is 0 Å². The van der Waals surface area contributed by atoms with Crippen LogP contribution in [0, 0.1) is 0 Å². The molecule has 0 saturated heterocycles. The normalized spacial score (nSPS) is 14.8. The average molecular weight is 388 g/mol. The lowest BCUT2D eigenvalue weighted by Gasteiger charge is -2.19. The molecule has 0 aliphatic heterocycles. The number of nitrogens with one attached hydrogen (secondary N) is 1. The van der Waals surface area contributed by atoms with Gasteiger partial charge in [-0.05, 0) is 18.6 Å². The predicted octanol–water partition coefficient (Wildman–Crippen LogP) is 3.10. The molecule has 1 aromatic carbocycles. The number of amides is 1. The number of sulfonamides is 1. The SMILES string of the molecule is C=CC(=CC(=CC)S(=O)(=O)NC(CC(N)=O)c1ccccc1)C(F)(F)F. The summed E-state index contributed by atoms with van der Waals surface area (Å²) in [5, 5.41) is 0. The van der Waals surface area contributed by atoms with Crippen LogP contribution in [0.3, 0.4) is 0 Å². The van der Waals surface area contributed by atoms with E-state index in [1.807, 2.05) is 0 Å². The van der Waals surface area contributed by atoms with Gasteiger partial charge in [-0.2, -0.15) is 13.2 Å². The number of allylic oxidation sites excluding steroid dienone is 4. The second-order valence-electron chi connectivity index (χ2n) is 5.25. The molecule has 26 heavy (non-hydrogen) atoms. The molecule has 0 saturated carbocycles. The topological polar surface area (TPSA) is 89.3 Å². The van der Waals surface area contributed by atoms with Crippen molar-refractivity contribution in [3.05, 3.63) is 71.2 Å². The van der Waals surface area contributed by atoms with Crippen LogP contribution < -0.4 is 10.5 Å². The molecule has 0 aliphatic carbocycles. The second kappa shape index (κ2) is 8.81. The number of carbonyl (C=O) groups excluding carboxylic acids is 1. The molecule has 0 aliphatic rings. The molecule has 0 spiro atoms. The van der Waals surface area contributed by atoms with Crippen LogP contribution in [0.1, 0.15) is 24.9 Å². The van der Waals surface area contributed by atoms with Gasteiger partial charge in [0.05, 0.1) is 16.5 Å². The van der Waals surface area contributed by atoms with Gasteiger partial charge >= 0.3 is 6.18 Å². The standard InChI is InChI=1S/C17H19F3N2O3S/c1-3-13(17(18,19)20)10-14(4-2)26(24,25)22-15(11-16(21)23)12-8-6-5-7-9-12/h3-10,15,22H,1,11H2,2H3,(H2,21,23). The highest BCUT2D eigenvalue weighted by atomic mass is 32.2. The van der Waals surface area contributed by atoms with Crippen molar-refractivity contribution in [3.63, 3.8) is 0 Å². The fourth-order valence-electron chi connectivity index (χ4n) is 2.10. The van der Waals surface area contributed by atoms with E-state index >= 15 is 0 Å². The average Bonchev–Trinajstić information content (AvgIpc) is 2.53. The Balaban J connectivity index is 3.26. The second-order valence-corrected chi connectivity index (χ2v) is 6.96. The summed E-state index contributed by atoms with van der Waals surface area (Å²) in [6.07, 6.45) is -3.09. The molecule has 0 bridgehead atoms. The Labute approximate surface area is 150 Å². The zero-order valence-corrected chi connectivity index (χ0v) is 14.8. The maximum absolute atomic E-state index is 12.9. The monoisotopic (exact) mass is 388 g/mol. The van der Waals surface area contributed by atoms with Crippen molar-refractivity contribution >= 4 is 15.9 Å². The van der Waals surface area contributed by atoms with Crippen molar-refractivity contribution in [3.8, 4) is 0 Å². The van der Waals surface area contributed by atoms with Crippen LogP contribution in [0.15, 0.2) is 65.6 Å². The Morgan fingerprint density at radius 3 is 2.31 bits per heavy atom. The van der Waals surface area contributed by atoms with Gasteiger partial charge in [-0.15, -0.1) is 0 Å². The van der Waals surface area contributed by atoms with Gasteiger partial charge in [-0.3, -0.25) is 4.79 Å². The summed E-state index contributed by atoms with van der Waals surface area (Å²) < 4.78 is 65.9. The molecule has 3 N–H and O–H groups in total. The van der Waals surface area contributed by atoms with E-state index in [2.05, 4.69) is 11.3 Å². The molecule has 142 valence electrons. The van der Waals surface area contributed by atoms with Crippen molar-refractivity contribution < 1.29 is 26.4 Å². The first-order chi connectivity index (χ1) is 12.0. The lowest BCUT2D eigenvalue weighted by molar-refractivity contribution is -0.118. The first-order valence-electron chi connectivity index (χ1n) is 7.44. The molecule has 0 aromatic heterocycles. The van der Waals surface area contributed by atoms with E-state index < -0.39 is 38.6 Å². The summed E-state index contributed by atoms with van der Waals surface area (Å²) >= 11 is 0. The maximum Gasteiger partial charge on any atom is 0.416 e. The number of primary amides is 1. The quantitative estimate of drug-likeness (QED) is 0.671. The first-order valence-corrected chi connectivity index (χ1v) is 8.92. The summed E-state index contributed by atoms with van der Waals surface area (Å²) in [5.41, 5.74) is 4.40. The molecule has 0 radical (unpaired) electrons. The van der Waals surface area contributed by atoms with E-state index in [-0.39, 0.29) is 6.42 Å². The third-order valence-electron chi connectivity index (χ3n) is 3.34. The molecule has 5 nitrogen and oxygen atoms in total. The number of hydrogen-bond donors (Lipinski definition) is 2. The predicted molar refractivity (Wildman–Crippen MR) is 93.1 cm³/mol. The molecule has 1 amide bonds. The first kappa shape index (κ1) is 21.7. The number of rotatable bonds is 8. The van der Waals surface area contributed by atoms with E-state index in [0.717, 1.165) is 6.08 Å². The van der Waals surface area contributed by atoms with Crippen molar-refractivity contribution in [2.75, 3.05) is 0 Å². The van der Waals surface area contributed by atoms with Crippen LogP contribution in [0.2, 0.25) is 0 Å². The van der Waals surface area contributed by atoms with Gasteiger partial charge in [-0.1, -0.05) is 49.1 Å². The van der Waals surface area contributed by atoms with Crippen molar-refractivity contribution in [1.82, 2.24) is 4.72 Å². The maximum atomic E-state index is 12.9. The molecular weight excluding hydrogens is 369 g/mol. The smallest absolute Gasteiger partial charge is 0.370 e. The molecule has 0 heterocycles. The lowest BCUT2D eigenvalue weighted by atomic mass is 10.1. The van der Waals surface area contributed by atoms with Crippen LogP contribution >= 0.6 is 0 Å². The minimum Gasteiger partial charge on any atom is -0.370 e. The summed E-state index contributed by atoms with van der Waals surface area (Å²) in [7, 11) is -4.35. The van der Waals surface area contributed by atoms with Gasteiger partial charge in [0, 0.05) is 6.42 Å². The minimum absolute atomic E-state index is 0.350. The van der Waals surface area contributed by atoms with E-state index in [0.29, 0.717) is 17.7 Å². The van der Waals surface area contributed by atoms with Crippen LogP contribution in [0.25, 0.3) is 0 Å². The Bertz CT molecular complexity index is 813. The fraction of sp³-hybridized carbons (Fsp3) is 0.235. The van der Waals surface area contributed by atoms with Crippen LogP contribution in [-0.2, 0) is 14.8 Å². The number of carbonyl (C=O) groups is 1. The van der Waals surface area contributed by atoms with Crippen LogP contribution in [0.5, 0.6) is 0 Å². The lowest BCUT2D eigenvalue weighted by Crippen LogP contribution is -2.32. The number of hydrogen-bond acceptors (Lipinski definition) is 3. The summed E-state index contributed by atoms with van der Waals surface area (Å²) in [6, 6.07) is 7.10. The third kappa shape index (κ3) is 6.16. The highest BCUT2D eigenvalue weighted by Gasteiger charge is 2.33. The van der Waals surface area contributed by atoms with Crippen molar-refractivity contribution in [2.24, 2.45) is 5.73 Å². The summed E-state index contributed by atoms with van der Waals surface area (Å²) in [5.74, 6) is -0.763. The molecule has 0 fully saturated rings. The highest BCUT2D eigenvalue weighted by Crippen LogP contribution is 2.29. The molecule has 9 heteroatoms. The Morgan fingerprint density at radius 2 is 1.88 bits per heavy atom. The highest BCUT2D eigenvalue weighted by molar-refractivity contribution is 7.93. The van der Waals surface area contributed by atoms with Gasteiger partial charge in [0.25, 0.3) is 0 Å². The van der Waals surface area contributed by atoms with Gasteiger partial charge in [0.1, 0.15) is 0 Å². The van der Waals surface area contributed by atoms with Gasteiger partial charge < -0.3 is 5.73 Å². The Hall–Kier alpha value is -2.39. The molecular formula is C17H19F3N2O3S. The van der Waals surface area contributed by atoms with E-state index in [9.17, 15) is 26.4 Å². The van der Waals surface area contributed by atoms with Gasteiger partial charge in [0.2, 0.25) is 15.9 Å². The number of halogens is 3. The van der Waals surface area contributed by atoms with E-state index in [1.54, 1.807) is 30.3 Å². The molecule has 1 atom stereocenters. The Morgan fingerprint density at radius 1 is 1.31 bits per heavy atom. The number of alkyl halides is 3. The van der Waals surface area contributed by atoms with Crippen molar-refractivity contribution in [2.45, 2.75) is 25.6 Å². The third-order valence-corrected chi connectivity index (χ3v) is 4.91. The zero-order chi connectivity index (χ0) is 20.0. The minimum atomic E-state index is -4.75. The Kier molecular flexibility index (Phi) is 7.34. The van der Waals surface area contributed by atoms with E-state index in [4.69, 9.17) is 5.73 Å². The van der Waals surface area contributed by atoms with Gasteiger partial charge in [-0.25, -0.2) is 13.1 Å². The van der Waals surface area contributed by atoms with Crippen LogP contribution in [-0.4, -0.2) is 20.5 Å². The van der Waals surface area contributed by atoms with Crippen LogP contribution in [0.4, 0.5) is 13.2 Å². The molecule has 1 unspecified atom stereocenters. The number of nitrogens with two attached hydrogens (primary N) is 1. The summed E-state index contributed by atoms with van der Waals surface area (Å²) in [6.45, 7) is 4.34. The number of benzene rings is 1. The van der Waals surface area contributed by atoms with Crippen molar-refractivity contribution in [1.29, 1.82) is 0 Å².